The average molecular weight is 282 g/mol. The van der Waals surface area contributed by atoms with Crippen molar-refractivity contribution in [3.63, 3.8) is 0 Å². The molecule has 104 valence electrons. The predicted molar refractivity (Wildman–Crippen MR) is 73.3 cm³/mol. The molecule has 0 radical (unpaired) electrons. The Kier molecular flexibility index (Phi) is 2.79. The Morgan fingerprint density at radius 2 is 1.38 bits per heavy atom. The topological polar surface area (TPSA) is 92.3 Å². The van der Waals surface area contributed by atoms with Crippen LogP contribution in [0.1, 0.15) is 18.1 Å². The molecule has 0 spiro atoms. The molecule has 0 saturated carbocycles. The number of hydrogen-bond donors (Lipinski definition) is 2. The van der Waals surface area contributed by atoms with E-state index in [1.54, 1.807) is 31.2 Å². The van der Waals surface area contributed by atoms with Crippen molar-refractivity contribution in [1.29, 1.82) is 0 Å². The fourth-order valence-corrected chi connectivity index (χ4v) is 2.33. The van der Waals surface area contributed by atoms with Gasteiger partial charge in [0.2, 0.25) is 0 Å². The summed E-state index contributed by atoms with van der Waals surface area (Å²) in [5, 5.41) is 4.39. The SMILES string of the molecule is CC1=C(c2ccc(C3=CC(=O)NC3=O)cc2)C(=O)NC1=O. The van der Waals surface area contributed by atoms with Gasteiger partial charge in [-0.2, -0.15) is 0 Å². The molecule has 0 aliphatic carbocycles. The molecule has 0 unspecified atom stereocenters. The van der Waals surface area contributed by atoms with Gasteiger partial charge in [-0.3, -0.25) is 29.8 Å². The second kappa shape index (κ2) is 4.52. The molecule has 1 aromatic carbocycles. The molecule has 3 rings (SSSR count). The van der Waals surface area contributed by atoms with E-state index in [1.165, 1.54) is 6.08 Å². The molecule has 1 aromatic rings. The maximum absolute atomic E-state index is 11.7. The molecule has 2 aliphatic heterocycles. The van der Waals surface area contributed by atoms with Crippen molar-refractivity contribution in [3.05, 3.63) is 47.0 Å². The zero-order valence-corrected chi connectivity index (χ0v) is 11.0. The highest BCUT2D eigenvalue weighted by atomic mass is 16.2. The lowest BCUT2D eigenvalue weighted by atomic mass is 9.98. The minimum atomic E-state index is -0.447. The van der Waals surface area contributed by atoms with Crippen LogP contribution >= 0.6 is 0 Å². The average Bonchev–Trinajstić information content (AvgIpc) is 2.90. The van der Waals surface area contributed by atoms with E-state index < -0.39 is 23.6 Å². The lowest BCUT2D eigenvalue weighted by Crippen LogP contribution is -2.22. The van der Waals surface area contributed by atoms with E-state index in [-0.39, 0.29) is 5.57 Å². The Labute approximate surface area is 119 Å². The fourth-order valence-electron chi connectivity index (χ4n) is 2.33. The zero-order valence-electron chi connectivity index (χ0n) is 11.0. The van der Waals surface area contributed by atoms with Gasteiger partial charge in [0, 0.05) is 11.6 Å². The Bertz CT molecular complexity index is 769. The summed E-state index contributed by atoms with van der Waals surface area (Å²) in [4.78, 5) is 45.8. The van der Waals surface area contributed by atoms with Gasteiger partial charge in [-0.15, -0.1) is 0 Å². The smallest absolute Gasteiger partial charge is 0.259 e. The van der Waals surface area contributed by atoms with Crippen LogP contribution < -0.4 is 10.6 Å². The third-order valence-electron chi connectivity index (χ3n) is 3.41. The molecule has 6 heteroatoms. The van der Waals surface area contributed by atoms with Gasteiger partial charge in [0.15, 0.2) is 0 Å². The molecule has 6 nitrogen and oxygen atoms in total. The molecule has 4 amide bonds. The van der Waals surface area contributed by atoms with Crippen LogP contribution in [0.15, 0.2) is 35.9 Å². The van der Waals surface area contributed by atoms with Gasteiger partial charge in [0.1, 0.15) is 0 Å². The highest BCUT2D eigenvalue weighted by Gasteiger charge is 2.28. The van der Waals surface area contributed by atoms with Crippen molar-refractivity contribution in [1.82, 2.24) is 10.6 Å². The van der Waals surface area contributed by atoms with E-state index in [2.05, 4.69) is 10.6 Å². The van der Waals surface area contributed by atoms with Gasteiger partial charge in [-0.25, -0.2) is 0 Å². The maximum atomic E-state index is 11.7. The Morgan fingerprint density at radius 3 is 1.86 bits per heavy atom. The summed E-state index contributed by atoms with van der Waals surface area (Å²) in [5.74, 6) is -1.73. The zero-order chi connectivity index (χ0) is 15.1. The van der Waals surface area contributed by atoms with E-state index in [0.29, 0.717) is 22.3 Å². The Hall–Kier alpha value is -3.02. The first-order chi connectivity index (χ1) is 9.97. The Balaban J connectivity index is 1.98. The minimum Gasteiger partial charge on any atom is -0.289 e. The number of hydrogen-bond acceptors (Lipinski definition) is 4. The lowest BCUT2D eigenvalue weighted by molar-refractivity contribution is -0.125. The summed E-state index contributed by atoms with van der Waals surface area (Å²) in [6, 6.07) is 6.55. The van der Waals surface area contributed by atoms with Gasteiger partial charge < -0.3 is 0 Å². The number of carbonyl (C=O) groups is 4. The summed E-state index contributed by atoms with van der Waals surface area (Å²) in [5.41, 5.74) is 2.13. The molecule has 2 N–H and O–H groups in total. The molecule has 21 heavy (non-hydrogen) atoms. The van der Waals surface area contributed by atoms with E-state index in [4.69, 9.17) is 0 Å². The number of amides is 4. The van der Waals surface area contributed by atoms with E-state index in [9.17, 15) is 19.2 Å². The minimum absolute atomic E-state index is 0.282. The molecule has 2 aliphatic rings. The van der Waals surface area contributed by atoms with Gasteiger partial charge >= 0.3 is 0 Å². The molecule has 0 bridgehead atoms. The first kappa shape index (κ1) is 13.0. The standard InChI is InChI=1S/C15H10N2O4/c1-7-12(15(21)17-13(7)19)9-4-2-8(3-5-9)10-6-11(18)16-14(10)20/h2-6H,1H3,(H,16,18,20)(H,17,19,21). The van der Waals surface area contributed by atoms with Crippen molar-refractivity contribution in [2.24, 2.45) is 0 Å². The van der Waals surface area contributed by atoms with E-state index >= 15 is 0 Å². The van der Waals surface area contributed by atoms with Crippen LogP contribution in [0.4, 0.5) is 0 Å². The second-order valence-corrected chi connectivity index (χ2v) is 4.74. The maximum Gasteiger partial charge on any atom is 0.259 e. The van der Waals surface area contributed by atoms with Crippen LogP contribution in [0.5, 0.6) is 0 Å². The van der Waals surface area contributed by atoms with Crippen molar-refractivity contribution in [2.75, 3.05) is 0 Å². The van der Waals surface area contributed by atoms with Crippen LogP contribution in [-0.2, 0) is 19.2 Å². The van der Waals surface area contributed by atoms with Crippen molar-refractivity contribution >= 4 is 34.8 Å². The molecule has 0 fully saturated rings. The quantitative estimate of drug-likeness (QED) is 0.756. The summed E-state index contributed by atoms with van der Waals surface area (Å²) in [7, 11) is 0. The van der Waals surface area contributed by atoms with Crippen LogP contribution in [0, 0.1) is 0 Å². The van der Waals surface area contributed by atoms with Gasteiger partial charge in [-0.05, 0) is 18.1 Å². The first-order valence-electron chi connectivity index (χ1n) is 6.22. The highest BCUT2D eigenvalue weighted by molar-refractivity contribution is 6.36. The second-order valence-electron chi connectivity index (χ2n) is 4.74. The number of imide groups is 2. The van der Waals surface area contributed by atoms with Crippen LogP contribution in [-0.4, -0.2) is 23.6 Å². The highest BCUT2D eigenvalue weighted by Crippen LogP contribution is 2.26. The molecule has 0 saturated heterocycles. The van der Waals surface area contributed by atoms with Crippen LogP contribution in [0.25, 0.3) is 11.1 Å². The van der Waals surface area contributed by atoms with Crippen molar-refractivity contribution in [3.8, 4) is 0 Å². The summed E-state index contributed by atoms with van der Waals surface area (Å²) in [6.07, 6.45) is 1.23. The number of benzene rings is 1. The first-order valence-corrected chi connectivity index (χ1v) is 6.22. The third kappa shape index (κ3) is 2.06. The number of nitrogens with one attached hydrogen (secondary N) is 2. The van der Waals surface area contributed by atoms with Crippen molar-refractivity contribution < 1.29 is 19.2 Å². The number of rotatable bonds is 2. The fraction of sp³-hybridized carbons (Fsp3) is 0.0667. The Morgan fingerprint density at radius 1 is 0.762 bits per heavy atom. The lowest BCUT2D eigenvalue weighted by Gasteiger charge is -2.04. The monoisotopic (exact) mass is 282 g/mol. The normalized spacial score (nSPS) is 18.0. The van der Waals surface area contributed by atoms with Crippen LogP contribution in [0.2, 0.25) is 0 Å². The number of carbonyl (C=O) groups excluding carboxylic acids is 4. The molecular formula is C15H10N2O4. The third-order valence-corrected chi connectivity index (χ3v) is 3.41. The molecule has 0 aromatic heterocycles. The largest absolute Gasteiger partial charge is 0.289 e. The van der Waals surface area contributed by atoms with Gasteiger partial charge in [-0.1, -0.05) is 24.3 Å². The molecule has 2 heterocycles. The van der Waals surface area contributed by atoms with Gasteiger partial charge in [0.25, 0.3) is 23.6 Å². The predicted octanol–water partition coefficient (Wildman–Crippen LogP) is 0.156. The van der Waals surface area contributed by atoms with Gasteiger partial charge in [0.05, 0.1) is 11.1 Å². The summed E-state index contributed by atoms with van der Waals surface area (Å²) >= 11 is 0. The van der Waals surface area contributed by atoms with Crippen LogP contribution in [0.3, 0.4) is 0 Å². The summed E-state index contributed by atoms with van der Waals surface area (Å²) < 4.78 is 0. The van der Waals surface area contributed by atoms with Crippen molar-refractivity contribution in [2.45, 2.75) is 6.92 Å². The molecular weight excluding hydrogens is 272 g/mol. The van der Waals surface area contributed by atoms with E-state index in [1.807, 2.05) is 0 Å². The summed E-state index contributed by atoms with van der Waals surface area (Å²) in [6.45, 7) is 1.58. The molecule has 0 atom stereocenters. The van der Waals surface area contributed by atoms with E-state index in [0.717, 1.165) is 0 Å².